The van der Waals surface area contributed by atoms with Crippen LogP contribution in [0.2, 0.25) is 0 Å². The summed E-state index contributed by atoms with van der Waals surface area (Å²) in [6, 6.07) is 5.43. The lowest BCUT2D eigenvalue weighted by molar-refractivity contribution is -0.122. The van der Waals surface area contributed by atoms with Crippen molar-refractivity contribution in [3.05, 3.63) is 23.8 Å². The van der Waals surface area contributed by atoms with E-state index in [4.69, 9.17) is 10.5 Å². The van der Waals surface area contributed by atoms with E-state index in [9.17, 15) is 9.59 Å². The van der Waals surface area contributed by atoms with Gasteiger partial charge in [0.15, 0.2) is 11.9 Å². The molecule has 0 radical (unpaired) electrons. The smallest absolute Gasteiger partial charge is 0.265 e. The monoisotopic (exact) mass is 317 g/mol. The number of fused-ring (bicyclic) bond motifs is 1. The second-order valence-electron chi connectivity index (χ2n) is 6.42. The summed E-state index contributed by atoms with van der Waals surface area (Å²) in [4.78, 5) is 26.4. The number of hydrogen-bond acceptors (Lipinski definition) is 4. The molecule has 2 unspecified atom stereocenters. The molecule has 0 aromatic heterocycles. The molecule has 1 fully saturated rings. The highest BCUT2D eigenvalue weighted by Gasteiger charge is 2.31. The standard InChI is InChI=1S/C17H23N3O3/c1-10(18)12-6-8-20(9-7-12)17(22)13-4-3-5-14-15(13)23-11(2)16(21)19-14/h3-5,10-12H,6-9,18H2,1-2H3,(H,19,21). The molecule has 3 N–H and O–H groups in total. The Kier molecular flexibility index (Phi) is 4.26. The quantitative estimate of drug-likeness (QED) is 0.868. The first-order valence-electron chi connectivity index (χ1n) is 8.12. The first-order valence-corrected chi connectivity index (χ1v) is 8.12. The molecule has 2 aliphatic heterocycles. The Balaban J connectivity index is 1.79. The summed E-state index contributed by atoms with van der Waals surface area (Å²) >= 11 is 0. The first-order chi connectivity index (χ1) is 11.0. The number of carbonyl (C=O) groups is 2. The number of piperidine rings is 1. The molecule has 23 heavy (non-hydrogen) atoms. The van der Waals surface area contributed by atoms with Crippen LogP contribution in [-0.2, 0) is 4.79 Å². The number of hydrogen-bond donors (Lipinski definition) is 2. The number of nitrogens with two attached hydrogens (primary N) is 1. The molecule has 1 saturated heterocycles. The van der Waals surface area contributed by atoms with Crippen molar-refractivity contribution in [1.29, 1.82) is 0 Å². The second kappa shape index (κ2) is 6.20. The summed E-state index contributed by atoms with van der Waals surface area (Å²) in [5.74, 6) is 0.700. The van der Waals surface area contributed by atoms with Gasteiger partial charge in [-0.3, -0.25) is 9.59 Å². The molecule has 3 rings (SSSR count). The van der Waals surface area contributed by atoms with Crippen molar-refractivity contribution in [1.82, 2.24) is 4.90 Å². The lowest BCUT2D eigenvalue weighted by atomic mass is 9.90. The van der Waals surface area contributed by atoms with Gasteiger partial charge in [0.25, 0.3) is 11.8 Å². The molecule has 0 bridgehead atoms. The zero-order valence-corrected chi connectivity index (χ0v) is 13.5. The molecule has 2 atom stereocenters. The van der Waals surface area contributed by atoms with E-state index in [1.54, 1.807) is 25.1 Å². The number of amides is 2. The maximum absolute atomic E-state index is 12.8. The fourth-order valence-corrected chi connectivity index (χ4v) is 3.19. The minimum absolute atomic E-state index is 0.0478. The SMILES string of the molecule is CC1Oc2c(cccc2C(=O)N2CCC(C(C)N)CC2)NC1=O. The Morgan fingerprint density at radius 2 is 2.09 bits per heavy atom. The number of carbonyl (C=O) groups excluding carboxylic acids is 2. The Labute approximate surface area is 136 Å². The van der Waals surface area contributed by atoms with Crippen LogP contribution in [0.25, 0.3) is 0 Å². The minimum atomic E-state index is -0.597. The van der Waals surface area contributed by atoms with Gasteiger partial charge in [-0.25, -0.2) is 0 Å². The number of nitrogens with zero attached hydrogens (tertiary/aromatic N) is 1. The predicted octanol–water partition coefficient (Wildman–Crippen LogP) is 1.61. The lowest BCUT2D eigenvalue weighted by Gasteiger charge is -2.34. The van der Waals surface area contributed by atoms with Crippen LogP contribution in [0.3, 0.4) is 0 Å². The molecule has 0 saturated carbocycles. The lowest BCUT2D eigenvalue weighted by Crippen LogP contribution is -2.43. The van der Waals surface area contributed by atoms with E-state index in [0.29, 0.717) is 36.0 Å². The van der Waals surface area contributed by atoms with Gasteiger partial charge in [0.05, 0.1) is 11.3 Å². The summed E-state index contributed by atoms with van der Waals surface area (Å²) in [5, 5.41) is 2.78. The van der Waals surface area contributed by atoms with E-state index < -0.39 is 6.10 Å². The van der Waals surface area contributed by atoms with Gasteiger partial charge in [-0.05, 0) is 44.7 Å². The molecule has 2 amide bonds. The van der Waals surface area contributed by atoms with Crippen molar-refractivity contribution in [2.24, 2.45) is 11.7 Å². The number of ether oxygens (including phenoxy) is 1. The highest BCUT2D eigenvalue weighted by atomic mass is 16.5. The van der Waals surface area contributed by atoms with E-state index in [-0.39, 0.29) is 17.9 Å². The average molecular weight is 317 g/mol. The summed E-state index contributed by atoms with van der Waals surface area (Å²) in [6.07, 6.45) is 1.25. The topological polar surface area (TPSA) is 84.7 Å². The summed E-state index contributed by atoms with van der Waals surface area (Å²) < 4.78 is 5.67. The molecule has 1 aromatic rings. The Morgan fingerprint density at radius 1 is 1.39 bits per heavy atom. The highest BCUT2D eigenvalue weighted by molar-refractivity contribution is 6.04. The van der Waals surface area contributed by atoms with Gasteiger partial charge in [-0.15, -0.1) is 0 Å². The van der Waals surface area contributed by atoms with Crippen LogP contribution in [0, 0.1) is 5.92 Å². The fraction of sp³-hybridized carbons (Fsp3) is 0.529. The van der Waals surface area contributed by atoms with E-state index in [1.807, 2.05) is 11.8 Å². The van der Waals surface area contributed by atoms with E-state index in [0.717, 1.165) is 12.8 Å². The van der Waals surface area contributed by atoms with Crippen LogP contribution in [0.5, 0.6) is 5.75 Å². The van der Waals surface area contributed by atoms with Crippen molar-refractivity contribution in [2.45, 2.75) is 38.8 Å². The van der Waals surface area contributed by atoms with Crippen molar-refractivity contribution >= 4 is 17.5 Å². The van der Waals surface area contributed by atoms with E-state index in [1.165, 1.54) is 0 Å². The molecule has 1 aromatic carbocycles. The molecule has 0 aliphatic carbocycles. The van der Waals surface area contributed by atoms with Crippen LogP contribution in [0.4, 0.5) is 5.69 Å². The second-order valence-corrected chi connectivity index (χ2v) is 6.42. The third kappa shape index (κ3) is 3.03. The fourth-order valence-electron chi connectivity index (χ4n) is 3.19. The van der Waals surface area contributed by atoms with E-state index >= 15 is 0 Å². The number of para-hydroxylation sites is 1. The molecular formula is C17H23N3O3. The number of nitrogens with one attached hydrogen (secondary N) is 1. The normalized spacial score (nSPS) is 22.8. The number of rotatable bonds is 2. The summed E-state index contributed by atoms with van der Waals surface area (Å²) in [5.41, 5.74) is 7.02. The van der Waals surface area contributed by atoms with Crippen LogP contribution in [0.15, 0.2) is 18.2 Å². The third-order valence-corrected chi connectivity index (χ3v) is 4.74. The van der Waals surface area contributed by atoms with Gasteiger partial charge >= 0.3 is 0 Å². The molecule has 2 aliphatic rings. The van der Waals surface area contributed by atoms with E-state index in [2.05, 4.69) is 5.32 Å². The van der Waals surface area contributed by atoms with Gasteiger partial charge in [0, 0.05) is 19.1 Å². The third-order valence-electron chi connectivity index (χ3n) is 4.74. The Bertz CT molecular complexity index is 622. The maximum Gasteiger partial charge on any atom is 0.265 e. The molecular weight excluding hydrogens is 294 g/mol. The van der Waals surface area contributed by atoms with Crippen molar-refractivity contribution in [2.75, 3.05) is 18.4 Å². The van der Waals surface area contributed by atoms with Gasteiger partial charge in [0.2, 0.25) is 0 Å². The molecule has 6 heteroatoms. The van der Waals surface area contributed by atoms with Crippen LogP contribution in [-0.4, -0.2) is 41.9 Å². The zero-order chi connectivity index (χ0) is 16.6. The van der Waals surface area contributed by atoms with Crippen LogP contribution >= 0.6 is 0 Å². The Morgan fingerprint density at radius 3 is 2.74 bits per heavy atom. The zero-order valence-electron chi connectivity index (χ0n) is 13.5. The number of benzene rings is 1. The van der Waals surface area contributed by atoms with Crippen LogP contribution in [0.1, 0.15) is 37.0 Å². The highest BCUT2D eigenvalue weighted by Crippen LogP contribution is 2.34. The van der Waals surface area contributed by atoms with Crippen LogP contribution < -0.4 is 15.8 Å². The molecule has 2 heterocycles. The van der Waals surface area contributed by atoms with Crippen molar-refractivity contribution in [3.8, 4) is 5.75 Å². The van der Waals surface area contributed by atoms with Gasteiger partial charge in [-0.2, -0.15) is 0 Å². The number of anilines is 1. The average Bonchev–Trinajstić information content (AvgIpc) is 2.55. The minimum Gasteiger partial charge on any atom is -0.478 e. The van der Waals surface area contributed by atoms with Crippen molar-refractivity contribution in [3.63, 3.8) is 0 Å². The maximum atomic E-state index is 12.8. The summed E-state index contributed by atoms with van der Waals surface area (Å²) in [6.45, 7) is 5.11. The number of likely N-dealkylation sites (tertiary alicyclic amines) is 1. The van der Waals surface area contributed by atoms with Gasteiger partial charge in [-0.1, -0.05) is 6.07 Å². The summed E-state index contributed by atoms with van der Waals surface area (Å²) in [7, 11) is 0. The first kappa shape index (κ1) is 15.8. The predicted molar refractivity (Wildman–Crippen MR) is 87.4 cm³/mol. The van der Waals surface area contributed by atoms with Gasteiger partial charge < -0.3 is 20.7 Å². The Hall–Kier alpha value is -2.08. The molecule has 124 valence electrons. The molecule has 0 spiro atoms. The largest absolute Gasteiger partial charge is 0.478 e. The van der Waals surface area contributed by atoms with Gasteiger partial charge in [0.1, 0.15) is 0 Å². The van der Waals surface area contributed by atoms with Crippen molar-refractivity contribution < 1.29 is 14.3 Å². The molecule has 6 nitrogen and oxygen atoms in total.